The van der Waals surface area contributed by atoms with Crippen LogP contribution < -0.4 is 5.32 Å². The van der Waals surface area contributed by atoms with E-state index in [2.05, 4.69) is 5.32 Å². The average Bonchev–Trinajstić information content (AvgIpc) is 2.37. The SMILES string of the molecule is Cc1c(NCC2CCCC(O)C2)cccc1[N+](=O)[O-]. The van der Waals surface area contributed by atoms with Crippen molar-refractivity contribution in [1.82, 2.24) is 0 Å². The van der Waals surface area contributed by atoms with Crippen LogP contribution in [0.3, 0.4) is 0 Å². The van der Waals surface area contributed by atoms with Gasteiger partial charge in [-0.25, -0.2) is 0 Å². The lowest BCUT2D eigenvalue weighted by Gasteiger charge is -2.26. The Hall–Kier alpha value is -1.62. The Labute approximate surface area is 112 Å². The minimum absolute atomic E-state index is 0.147. The van der Waals surface area contributed by atoms with Crippen LogP contribution >= 0.6 is 0 Å². The molecule has 2 atom stereocenters. The van der Waals surface area contributed by atoms with Crippen molar-refractivity contribution in [2.45, 2.75) is 38.7 Å². The van der Waals surface area contributed by atoms with Gasteiger partial charge in [-0.3, -0.25) is 10.1 Å². The number of hydrogen-bond donors (Lipinski definition) is 2. The van der Waals surface area contributed by atoms with E-state index in [9.17, 15) is 15.2 Å². The fourth-order valence-corrected chi connectivity index (χ4v) is 2.72. The number of nitrogens with zero attached hydrogens (tertiary/aromatic N) is 1. The normalized spacial score (nSPS) is 23.1. The molecule has 0 saturated heterocycles. The number of nitrogens with one attached hydrogen (secondary N) is 1. The molecule has 5 nitrogen and oxygen atoms in total. The molecular formula is C14H20N2O3. The van der Waals surface area contributed by atoms with Crippen molar-refractivity contribution < 1.29 is 10.0 Å². The van der Waals surface area contributed by atoms with E-state index in [0.717, 1.165) is 37.9 Å². The zero-order valence-corrected chi connectivity index (χ0v) is 11.1. The summed E-state index contributed by atoms with van der Waals surface area (Å²) in [6.07, 6.45) is 3.69. The summed E-state index contributed by atoms with van der Waals surface area (Å²) in [4.78, 5) is 10.5. The summed E-state index contributed by atoms with van der Waals surface area (Å²) >= 11 is 0. The molecule has 1 aromatic carbocycles. The molecule has 0 heterocycles. The predicted molar refractivity (Wildman–Crippen MR) is 74.3 cm³/mol. The fraction of sp³-hybridized carbons (Fsp3) is 0.571. The summed E-state index contributed by atoms with van der Waals surface area (Å²) in [7, 11) is 0. The summed E-state index contributed by atoms with van der Waals surface area (Å²) < 4.78 is 0. The van der Waals surface area contributed by atoms with Gasteiger partial charge in [-0.15, -0.1) is 0 Å². The lowest BCUT2D eigenvalue weighted by molar-refractivity contribution is -0.385. The first-order valence-corrected chi connectivity index (χ1v) is 6.74. The maximum atomic E-state index is 10.9. The highest BCUT2D eigenvalue weighted by atomic mass is 16.6. The molecule has 1 fully saturated rings. The summed E-state index contributed by atoms with van der Waals surface area (Å²) in [6.45, 7) is 2.52. The summed E-state index contributed by atoms with van der Waals surface area (Å²) in [5.74, 6) is 0.447. The lowest BCUT2D eigenvalue weighted by atomic mass is 9.87. The van der Waals surface area contributed by atoms with Gasteiger partial charge in [0.25, 0.3) is 5.69 Å². The van der Waals surface area contributed by atoms with Gasteiger partial charge in [-0.1, -0.05) is 12.5 Å². The van der Waals surface area contributed by atoms with E-state index in [1.807, 2.05) is 6.07 Å². The van der Waals surface area contributed by atoms with Crippen molar-refractivity contribution in [3.05, 3.63) is 33.9 Å². The first-order valence-electron chi connectivity index (χ1n) is 6.74. The van der Waals surface area contributed by atoms with Crippen molar-refractivity contribution in [2.24, 2.45) is 5.92 Å². The number of rotatable bonds is 4. The van der Waals surface area contributed by atoms with Crippen molar-refractivity contribution in [3.63, 3.8) is 0 Å². The second-order valence-corrected chi connectivity index (χ2v) is 5.27. The Kier molecular flexibility index (Phi) is 4.37. The van der Waals surface area contributed by atoms with Crippen LogP contribution in [0.2, 0.25) is 0 Å². The Morgan fingerprint density at radius 1 is 1.47 bits per heavy atom. The smallest absolute Gasteiger partial charge is 0.274 e. The standard InChI is InChI=1S/C14H20N2O3/c1-10-13(6-3-7-14(10)16(18)19)15-9-11-4-2-5-12(17)8-11/h3,6-7,11-12,15,17H,2,4-5,8-9H2,1H3. The van der Waals surface area contributed by atoms with Crippen LogP contribution in [0.5, 0.6) is 0 Å². The minimum atomic E-state index is -0.356. The molecular weight excluding hydrogens is 244 g/mol. The largest absolute Gasteiger partial charge is 0.393 e. The molecule has 1 aromatic rings. The van der Waals surface area contributed by atoms with E-state index in [0.29, 0.717) is 11.5 Å². The zero-order chi connectivity index (χ0) is 13.8. The molecule has 0 aliphatic heterocycles. The van der Waals surface area contributed by atoms with Gasteiger partial charge < -0.3 is 10.4 Å². The minimum Gasteiger partial charge on any atom is -0.393 e. The summed E-state index contributed by atoms with van der Waals surface area (Å²) in [5, 5.41) is 23.8. The van der Waals surface area contributed by atoms with Gasteiger partial charge in [0.15, 0.2) is 0 Å². The topological polar surface area (TPSA) is 75.4 Å². The van der Waals surface area contributed by atoms with Crippen LogP contribution in [0, 0.1) is 23.0 Å². The van der Waals surface area contributed by atoms with Gasteiger partial charge in [0.05, 0.1) is 11.0 Å². The Balaban J connectivity index is 1.99. The Morgan fingerprint density at radius 2 is 2.26 bits per heavy atom. The molecule has 5 heteroatoms. The number of benzene rings is 1. The molecule has 2 unspecified atom stereocenters. The molecule has 0 aromatic heterocycles. The van der Waals surface area contributed by atoms with E-state index in [1.54, 1.807) is 13.0 Å². The molecule has 2 N–H and O–H groups in total. The third-order valence-corrected chi connectivity index (χ3v) is 3.84. The van der Waals surface area contributed by atoms with Crippen LogP contribution in [0.15, 0.2) is 18.2 Å². The van der Waals surface area contributed by atoms with Crippen molar-refractivity contribution in [1.29, 1.82) is 0 Å². The first kappa shape index (κ1) is 13.8. The van der Waals surface area contributed by atoms with E-state index in [1.165, 1.54) is 6.07 Å². The highest BCUT2D eigenvalue weighted by Crippen LogP contribution is 2.28. The van der Waals surface area contributed by atoms with Crippen LogP contribution in [-0.4, -0.2) is 22.7 Å². The Bertz CT molecular complexity index is 462. The second kappa shape index (κ2) is 6.02. The maximum Gasteiger partial charge on any atom is 0.274 e. The second-order valence-electron chi connectivity index (χ2n) is 5.27. The molecule has 0 amide bonds. The van der Waals surface area contributed by atoms with Crippen LogP contribution in [0.25, 0.3) is 0 Å². The molecule has 1 aliphatic rings. The molecule has 104 valence electrons. The van der Waals surface area contributed by atoms with E-state index in [-0.39, 0.29) is 16.7 Å². The van der Waals surface area contributed by atoms with Gasteiger partial charge in [0, 0.05) is 23.9 Å². The number of aliphatic hydroxyl groups is 1. The number of aliphatic hydroxyl groups excluding tert-OH is 1. The van der Waals surface area contributed by atoms with Crippen LogP contribution in [-0.2, 0) is 0 Å². The highest BCUT2D eigenvalue weighted by Gasteiger charge is 2.20. The van der Waals surface area contributed by atoms with E-state index in [4.69, 9.17) is 0 Å². The maximum absolute atomic E-state index is 10.9. The van der Waals surface area contributed by atoms with Crippen molar-refractivity contribution >= 4 is 11.4 Å². The molecule has 1 aliphatic carbocycles. The van der Waals surface area contributed by atoms with Crippen LogP contribution in [0.4, 0.5) is 11.4 Å². The quantitative estimate of drug-likeness (QED) is 0.647. The number of anilines is 1. The van der Waals surface area contributed by atoms with Crippen LogP contribution in [0.1, 0.15) is 31.2 Å². The lowest BCUT2D eigenvalue weighted by Crippen LogP contribution is -2.25. The first-order chi connectivity index (χ1) is 9.08. The fourth-order valence-electron chi connectivity index (χ4n) is 2.72. The highest BCUT2D eigenvalue weighted by molar-refractivity contribution is 5.59. The van der Waals surface area contributed by atoms with Gasteiger partial charge in [0.2, 0.25) is 0 Å². The van der Waals surface area contributed by atoms with Gasteiger partial charge in [-0.05, 0) is 38.2 Å². The summed E-state index contributed by atoms with van der Waals surface area (Å²) in [6, 6.07) is 5.08. The Morgan fingerprint density at radius 3 is 2.95 bits per heavy atom. The van der Waals surface area contributed by atoms with Crippen molar-refractivity contribution in [2.75, 3.05) is 11.9 Å². The third-order valence-electron chi connectivity index (χ3n) is 3.84. The third kappa shape index (κ3) is 3.44. The predicted octanol–water partition coefficient (Wildman–Crippen LogP) is 2.87. The summed E-state index contributed by atoms with van der Waals surface area (Å²) in [5.41, 5.74) is 1.63. The number of nitro groups is 1. The van der Waals surface area contributed by atoms with E-state index >= 15 is 0 Å². The molecule has 0 bridgehead atoms. The number of nitro benzene ring substituents is 1. The molecule has 1 saturated carbocycles. The molecule has 2 rings (SSSR count). The van der Waals surface area contributed by atoms with Crippen molar-refractivity contribution in [3.8, 4) is 0 Å². The van der Waals surface area contributed by atoms with Gasteiger partial charge >= 0.3 is 0 Å². The molecule has 0 radical (unpaired) electrons. The monoisotopic (exact) mass is 264 g/mol. The van der Waals surface area contributed by atoms with Gasteiger partial charge in [-0.2, -0.15) is 0 Å². The van der Waals surface area contributed by atoms with E-state index < -0.39 is 0 Å². The van der Waals surface area contributed by atoms with Gasteiger partial charge in [0.1, 0.15) is 0 Å². The average molecular weight is 264 g/mol. The number of hydrogen-bond acceptors (Lipinski definition) is 4. The molecule has 0 spiro atoms. The molecule has 19 heavy (non-hydrogen) atoms. The zero-order valence-electron chi connectivity index (χ0n) is 11.1.